The number of benzene rings is 2. The van der Waals surface area contributed by atoms with Crippen LogP contribution in [0.3, 0.4) is 0 Å². The predicted molar refractivity (Wildman–Crippen MR) is 91.9 cm³/mol. The Balaban J connectivity index is 2.05. The SMILES string of the molecule is Cc1c2cccc(O)c2c(C)[n+]2ccc3cc4c(cc3c12)OCO4. The number of phenols is 1. The van der Waals surface area contributed by atoms with Crippen molar-refractivity contribution in [3.05, 3.63) is 53.9 Å². The normalized spacial score (nSPS) is 13.2. The van der Waals surface area contributed by atoms with Gasteiger partial charge in [-0.3, -0.25) is 0 Å². The number of nitrogens with zero attached hydrogens (tertiary/aromatic N) is 1. The summed E-state index contributed by atoms with van der Waals surface area (Å²) in [6.45, 7) is 4.40. The lowest BCUT2D eigenvalue weighted by molar-refractivity contribution is -0.517. The van der Waals surface area contributed by atoms with Crippen LogP contribution < -0.4 is 13.9 Å². The third kappa shape index (κ3) is 1.60. The fourth-order valence-corrected chi connectivity index (χ4v) is 3.80. The number of aryl methyl sites for hydroxylation is 2. The average molecular weight is 318 g/mol. The topological polar surface area (TPSA) is 42.8 Å². The smallest absolute Gasteiger partial charge is 0.231 e. The first-order chi connectivity index (χ1) is 11.6. The summed E-state index contributed by atoms with van der Waals surface area (Å²) in [6, 6.07) is 11.8. The summed E-state index contributed by atoms with van der Waals surface area (Å²) in [4.78, 5) is 0. The summed E-state index contributed by atoms with van der Waals surface area (Å²) in [7, 11) is 0. The van der Waals surface area contributed by atoms with Crippen molar-refractivity contribution in [2.45, 2.75) is 13.8 Å². The van der Waals surface area contributed by atoms with Gasteiger partial charge in [-0.2, -0.15) is 4.40 Å². The zero-order valence-corrected chi connectivity index (χ0v) is 13.5. The highest BCUT2D eigenvalue weighted by Gasteiger charge is 2.23. The highest BCUT2D eigenvalue weighted by atomic mass is 16.7. The van der Waals surface area contributed by atoms with Gasteiger partial charge in [-0.1, -0.05) is 12.1 Å². The van der Waals surface area contributed by atoms with E-state index in [9.17, 15) is 5.11 Å². The predicted octanol–water partition coefficient (Wildman–Crippen LogP) is 3.78. The van der Waals surface area contributed by atoms with Gasteiger partial charge in [0.05, 0.1) is 10.8 Å². The largest absolute Gasteiger partial charge is 0.507 e. The van der Waals surface area contributed by atoms with Crippen LogP contribution in [0.2, 0.25) is 0 Å². The van der Waals surface area contributed by atoms with Gasteiger partial charge in [-0.15, -0.1) is 0 Å². The van der Waals surface area contributed by atoms with E-state index in [1.807, 2.05) is 31.3 Å². The van der Waals surface area contributed by atoms with Gasteiger partial charge in [0.2, 0.25) is 12.3 Å². The Morgan fingerprint density at radius 1 is 1.00 bits per heavy atom. The molecule has 0 bridgehead atoms. The van der Waals surface area contributed by atoms with E-state index in [0.29, 0.717) is 5.75 Å². The van der Waals surface area contributed by atoms with E-state index in [0.717, 1.165) is 49.8 Å². The second kappa shape index (κ2) is 4.51. The number of aromatic hydroxyl groups is 1. The molecule has 4 heteroatoms. The molecule has 4 nitrogen and oxygen atoms in total. The van der Waals surface area contributed by atoms with E-state index in [1.54, 1.807) is 6.07 Å². The Hall–Kier alpha value is -3.01. The van der Waals surface area contributed by atoms with Crippen LogP contribution in [0.1, 0.15) is 11.3 Å². The summed E-state index contributed by atoms with van der Waals surface area (Å²) < 4.78 is 13.2. The maximum absolute atomic E-state index is 10.3. The molecule has 0 unspecified atom stereocenters. The molecule has 0 radical (unpaired) electrons. The second-order valence-electron chi connectivity index (χ2n) is 6.24. The van der Waals surface area contributed by atoms with Crippen molar-refractivity contribution in [2.24, 2.45) is 0 Å². The highest BCUT2D eigenvalue weighted by molar-refractivity contribution is 6.03. The van der Waals surface area contributed by atoms with Crippen molar-refractivity contribution in [1.29, 1.82) is 0 Å². The Kier molecular flexibility index (Phi) is 2.52. The molecule has 1 aliphatic rings. The highest BCUT2D eigenvalue weighted by Crippen LogP contribution is 2.38. The maximum Gasteiger partial charge on any atom is 0.231 e. The van der Waals surface area contributed by atoms with Crippen molar-refractivity contribution >= 4 is 27.1 Å². The molecule has 118 valence electrons. The van der Waals surface area contributed by atoms with Crippen molar-refractivity contribution in [3.63, 3.8) is 0 Å². The Morgan fingerprint density at radius 2 is 1.79 bits per heavy atom. The number of hydrogen-bond acceptors (Lipinski definition) is 3. The molecular formula is C20H16NO3+. The number of pyridine rings is 2. The minimum atomic E-state index is 0.269. The molecule has 1 N–H and O–H groups in total. The van der Waals surface area contributed by atoms with E-state index < -0.39 is 0 Å². The summed E-state index contributed by atoms with van der Waals surface area (Å²) in [5.74, 6) is 1.89. The fraction of sp³-hybridized carbons (Fsp3) is 0.150. The quantitative estimate of drug-likeness (QED) is 0.305. The summed E-state index contributed by atoms with van der Waals surface area (Å²) >= 11 is 0. The third-order valence-corrected chi connectivity index (χ3v) is 4.97. The van der Waals surface area contributed by atoms with E-state index in [4.69, 9.17) is 9.47 Å². The van der Waals surface area contributed by atoms with Crippen LogP contribution in [-0.2, 0) is 0 Å². The van der Waals surface area contributed by atoms with Gasteiger partial charge in [-0.05, 0) is 30.5 Å². The second-order valence-corrected chi connectivity index (χ2v) is 6.24. The zero-order valence-electron chi connectivity index (χ0n) is 13.5. The van der Waals surface area contributed by atoms with Crippen LogP contribution in [0, 0.1) is 13.8 Å². The van der Waals surface area contributed by atoms with Gasteiger partial charge in [0.15, 0.2) is 23.4 Å². The molecule has 4 aromatic rings. The molecule has 0 saturated carbocycles. The van der Waals surface area contributed by atoms with Crippen LogP contribution in [0.25, 0.3) is 27.1 Å². The molecule has 0 atom stereocenters. The zero-order chi connectivity index (χ0) is 16.4. The first kappa shape index (κ1) is 13.4. The van der Waals surface area contributed by atoms with E-state index >= 15 is 0 Å². The number of phenolic OH excluding ortho intramolecular Hbond substituents is 1. The summed E-state index contributed by atoms with van der Waals surface area (Å²) in [6.07, 6.45) is 2.05. The molecule has 2 aromatic heterocycles. The summed E-state index contributed by atoms with van der Waals surface area (Å²) in [5.41, 5.74) is 3.28. The number of fused-ring (bicyclic) bond motifs is 5. The first-order valence-corrected chi connectivity index (χ1v) is 7.94. The van der Waals surface area contributed by atoms with Crippen LogP contribution in [0.4, 0.5) is 0 Å². The van der Waals surface area contributed by atoms with Crippen molar-refractivity contribution in [1.82, 2.24) is 0 Å². The Bertz CT molecular complexity index is 1160. The van der Waals surface area contributed by atoms with E-state index in [1.165, 1.54) is 0 Å². The first-order valence-electron chi connectivity index (χ1n) is 7.94. The van der Waals surface area contributed by atoms with Crippen LogP contribution in [0.5, 0.6) is 17.2 Å². The van der Waals surface area contributed by atoms with Gasteiger partial charge >= 0.3 is 0 Å². The van der Waals surface area contributed by atoms with Crippen LogP contribution in [-0.4, -0.2) is 11.9 Å². The molecule has 2 aromatic carbocycles. The average Bonchev–Trinajstić information content (AvgIpc) is 3.04. The number of rotatable bonds is 0. The molecule has 0 spiro atoms. The molecule has 0 fully saturated rings. The standard InChI is InChI=1S/C20H15NO3/c1-11-14-4-3-5-16(22)19(14)12(2)21-7-6-13-8-17-18(24-10-23-17)9-15(13)20(11)21/h3-9H,10H2,1-2H3/p+1. The van der Waals surface area contributed by atoms with E-state index in [2.05, 4.69) is 23.5 Å². The Morgan fingerprint density at radius 3 is 2.62 bits per heavy atom. The third-order valence-electron chi connectivity index (χ3n) is 4.97. The molecule has 0 saturated heterocycles. The molecular weight excluding hydrogens is 302 g/mol. The maximum atomic E-state index is 10.3. The van der Waals surface area contributed by atoms with Crippen LogP contribution in [0.15, 0.2) is 42.6 Å². The molecule has 24 heavy (non-hydrogen) atoms. The molecule has 0 amide bonds. The van der Waals surface area contributed by atoms with Gasteiger partial charge in [-0.25, -0.2) is 0 Å². The molecule has 0 aliphatic carbocycles. The minimum Gasteiger partial charge on any atom is -0.507 e. The van der Waals surface area contributed by atoms with Gasteiger partial charge in [0.1, 0.15) is 5.75 Å². The monoisotopic (exact) mass is 318 g/mol. The van der Waals surface area contributed by atoms with Gasteiger partial charge < -0.3 is 14.6 Å². The molecule has 1 aliphatic heterocycles. The lowest BCUT2D eigenvalue weighted by Crippen LogP contribution is -2.27. The van der Waals surface area contributed by atoms with Crippen molar-refractivity contribution in [2.75, 3.05) is 6.79 Å². The molecule has 5 rings (SSSR count). The number of ether oxygens (including phenoxy) is 2. The van der Waals surface area contributed by atoms with Gasteiger partial charge in [0.25, 0.3) is 0 Å². The number of hydrogen-bond donors (Lipinski definition) is 1. The minimum absolute atomic E-state index is 0.269. The Labute approximate surface area is 138 Å². The van der Waals surface area contributed by atoms with Crippen molar-refractivity contribution < 1.29 is 19.0 Å². The van der Waals surface area contributed by atoms with E-state index in [-0.39, 0.29) is 6.79 Å². The van der Waals surface area contributed by atoms with Crippen molar-refractivity contribution in [3.8, 4) is 17.2 Å². The lowest BCUT2D eigenvalue weighted by atomic mass is 9.99. The lowest BCUT2D eigenvalue weighted by Gasteiger charge is -2.09. The summed E-state index contributed by atoms with van der Waals surface area (Å²) in [5, 5.41) is 14.5. The fourth-order valence-electron chi connectivity index (χ4n) is 3.80. The molecule has 3 heterocycles. The number of aromatic nitrogens is 1. The van der Waals surface area contributed by atoms with Gasteiger partial charge in [0, 0.05) is 23.9 Å². The van der Waals surface area contributed by atoms with Crippen LogP contribution >= 0.6 is 0 Å².